The molecular formula is C10H18O. The summed E-state index contributed by atoms with van der Waals surface area (Å²) in [5, 5.41) is 9.87. The lowest BCUT2D eigenvalue weighted by molar-refractivity contribution is 0.0264. The number of aliphatic hydroxyl groups is 1. The Bertz CT molecular complexity index is 126. The molecule has 0 aliphatic heterocycles. The third-order valence-electron chi connectivity index (χ3n) is 1.86. The van der Waals surface area contributed by atoms with E-state index in [4.69, 9.17) is 6.42 Å². The second kappa shape index (κ2) is 5.21. The molecule has 0 aromatic heterocycles. The summed E-state index contributed by atoms with van der Waals surface area (Å²) in [6.45, 7) is 4.13. The van der Waals surface area contributed by atoms with Crippen molar-refractivity contribution in [1.29, 1.82) is 0 Å². The van der Waals surface area contributed by atoms with Crippen LogP contribution in [0.5, 0.6) is 0 Å². The van der Waals surface area contributed by atoms with Gasteiger partial charge < -0.3 is 5.11 Å². The molecule has 0 saturated heterocycles. The minimum atomic E-state index is -0.585. The van der Waals surface area contributed by atoms with Crippen molar-refractivity contribution >= 4 is 0 Å². The fraction of sp³-hybridized carbons (Fsp3) is 0.800. The van der Waals surface area contributed by atoms with E-state index in [9.17, 15) is 5.11 Å². The summed E-state index contributed by atoms with van der Waals surface area (Å²) in [7, 11) is 0. The Morgan fingerprint density at radius 1 is 1.27 bits per heavy atom. The van der Waals surface area contributed by atoms with Gasteiger partial charge in [-0.2, -0.15) is 0 Å². The predicted molar refractivity (Wildman–Crippen MR) is 48.2 cm³/mol. The quantitative estimate of drug-likeness (QED) is 0.603. The zero-order valence-electron chi connectivity index (χ0n) is 7.56. The van der Waals surface area contributed by atoms with Gasteiger partial charge in [-0.25, -0.2) is 0 Å². The molecule has 0 unspecified atom stereocenters. The van der Waals surface area contributed by atoms with E-state index < -0.39 is 5.60 Å². The molecule has 0 rings (SSSR count). The smallest absolute Gasteiger partial charge is 0.0756 e. The molecule has 0 aromatic rings. The second-order valence-electron chi connectivity index (χ2n) is 3.11. The zero-order chi connectivity index (χ0) is 8.74. The summed E-state index contributed by atoms with van der Waals surface area (Å²) in [4.78, 5) is 0. The summed E-state index contributed by atoms with van der Waals surface area (Å²) in [6, 6.07) is 0. The van der Waals surface area contributed by atoms with Crippen molar-refractivity contribution in [3.8, 4) is 12.3 Å². The van der Waals surface area contributed by atoms with Gasteiger partial charge in [0.05, 0.1) is 5.60 Å². The first-order chi connectivity index (χ1) is 5.18. The number of rotatable bonds is 5. The van der Waals surface area contributed by atoms with E-state index in [1.807, 2.05) is 0 Å². The van der Waals surface area contributed by atoms with Crippen LogP contribution in [0, 0.1) is 12.3 Å². The van der Waals surface area contributed by atoms with Gasteiger partial charge in [0.15, 0.2) is 0 Å². The molecule has 0 aromatic carbocycles. The maximum Gasteiger partial charge on any atom is 0.0756 e. The maximum absolute atomic E-state index is 9.87. The van der Waals surface area contributed by atoms with Crippen LogP contribution in [0.4, 0.5) is 0 Å². The lowest BCUT2D eigenvalue weighted by atomic mass is 9.90. The maximum atomic E-state index is 9.87. The van der Waals surface area contributed by atoms with Gasteiger partial charge in [0.2, 0.25) is 0 Å². The summed E-state index contributed by atoms with van der Waals surface area (Å²) in [5.74, 6) is 2.53. The van der Waals surface area contributed by atoms with Crippen LogP contribution in [0.1, 0.15) is 46.0 Å². The van der Waals surface area contributed by atoms with Gasteiger partial charge in [-0.1, -0.05) is 26.7 Å². The first-order valence-electron chi connectivity index (χ1n) is 4.34. The predicted octanol–water partition coefficient (Wildman–Crippen LogP) is 2.34. The van der Waals surface area contributed by atoms with Gasteiger partial charge in [0.25, 0.3) is 0 Å². The van der Waals surface area contributed by atoms with E-state index in [0.29, 0.717) is 6.42 Å². The first kappa shape index (κ1) is 10.5. The molecule has 1 nitrogen and oxygen atoms in total. The molecule has 64 valence electrons. The summed E-state index contributed by atoms with van der Waals surface area (Å²) in [5.41, 5.74) is -0.585. The summed E-state index contributed by atoms with van der Waals surface area (Å²) >= 11 is 0. The van der Waals surface area contributed by atoms with Crippen molar-refractivity contribution in [2.75, 3.05) is 0 Å². The van der Waals surface area contributed by atoms with Crippen LogP contribution in [-0.2, 0) is 0 Å². The Labute approximate surface area is 69.8 Å². The van der Waals surface area contributed by atoms with Crippen molar-refractivity contribution in [2.45, 2.75) is 51.6 Å². The van der Waals surface area contributed by atoms with Crippen LogP contribution >= 0.6 is 0 Å². The van der Waals surface area contributed by atoms with Crippen LogP contribution in [0.3, 0.4) is 0 Å². The standard InChI is InChI=1S/C10H18O/c1-4-7-10(11,8-5-2)9-6-3/h1,11H,5-9H2,2-3H3. The second-order valence-corrected chi connectivity index (χ2v) is 3.11. The van der Waals surface area contributed by atoms with Gasteiger partial charge in [0.1, 0.15) is 0 Å². The summed E-state index contributed by atoms with van der Waals surface area (Å²) in [6.07, 6.45) is 9.31. The molecule has 0 aliphatic carbocycles. The average Bonchev–Trinajstić information content (AvgIpc) is 1.88. The number of hydrogen-bond acceptors (Lipinski definition) is 1. The van der Waals surface area contributed by atoms with Gasteiger partial charge in [-0.3, -0.25) is 0 Å². The molecule has 0 saturated carbocycles. The molecule has 0 amide bonds. The summed E-state index contributed by atoms with van der Waals surface area (Å²) < 4.78 is 0. The number of hydrogen-bond donors (Lipinski definition) is 1. The Hall–Kier alpha value is -0.480. The third-order valence-corrected chi connectivity index (χ3v) is 1.86. The molecule has 1 N–H and O–H groups in total. The first-order valence-corrected chi connectivity index (χ1v) is 4.34. The fourth-order valence-electron chi connectivity index (χ4n) is 1.42. The van der Waals surface area contributed by atoms with E-state index in [-0.39, 0.29) is 0 Å². The minimum Gasteiger partial charge on any atom is -0.389 e. The van der Waals surface area contributed by atoms with E-state index >= 15 is 0 Å². The molecule has 0 bridgehead atoms. The molecule has 0 fully saturated rings. The highest BCUT2D eigenvalue weighted by molar-refractivity contribution is 4.94. The molecule has 0 spiro atoms. The van der Waals surface area contributed by atoms with Gasteiger partial charge in [-0.15, -0.1) is 12.3 Å². The van der Waals surface area contributed by atoms with Crippen molar-refractivity contribution in [3.63, 3.8) is 0 Å². The Balaban J connectivity index is 3.92. The normalized spacial score (nSPS) is 11.1. The average molecular weight is 154 g/mol. The molecule has 1 heteroatoms. The van der Waals surface area contributed by atoms with Crippen LogP contribution in [0.2, 0.25) is 0 Å². The monoisotopic (exact) mass is 154 g/mol. The Morgan fingerprint density at radius 2 is 1.73 bits per heavy atom. The highest BCUT2D eigenvalue weighted by Gasteiger charge is 2.22. The molecule has 0 radical (unpaired) electrons. The lowest BCUT2D eigenvalue weighted by Gasteiger charge is -2.24. The largest absolute Gasteiger partial charge is 0.389 e. The third kappa shape index (κ3) is 4.06. The van der Waals surface area contributed by atoms with Crippen LogP contribution in [0.25, 0.3) is 0 Å². The minimum absolute atomic E-state index is 0.495. The highest BCUT2D eigenvalue weighted by atomic mass is 16.3. The zero-order valence-corrected chi connectivity index (χ0v) is 7.56. The Kier molecular flexibility index (Phi) is 4.98. The van der Waals surface area contributed by atoms with Gasteiger partial charge in [0, 0.05) is 6.42 Å². The molecule has 0 atom stereocenters. The fourth-order valence-corrected chi connectivity index (χ4v) is 1.42. The van der Waals surface area contributed by atoms with E-state index in [1.54, 1.807) is 0 Å². The molecule has 0 heterocycles. The van der Waals surface area contributed by atoms with Crippen molar-refractivity contribution < 1.29 is 5.11 Å². The van der Waals surface area contributed by atoms with Crippen LogP contribution < -0.4 is 0 Å². The molecule has 0 aliphatic rings. The molecule has 11 heavy (non-hydrogen) atoms. The topological polar surface area (TPSA) is 20.2 Å². The van der Waals surface area contributed by atoms with Crippen molar-refractivity contribution in [3.05, 3.63) is 0 Å². The van der Waals surface area contributed by atoms with E-state index in [2.05, 4.69) is 19.8 Å². The number of terminal acetylenes is 1. The van der Waals surface area contributed by atoms with Crippen LogP contribution in [-0.4, -0.2) is 10.7 Å². The van der Waals surface area contributed by atoms with Crippen molar-refractivity contribution in [2.24, 2.45) is 0 Å². The van der Waals surface area contributed by atoms with Crippen LogP contribution in [0.15, 0.2) is 0 Å². The lowest BCUT2D eigenvalue weighted by Crippen LogP contribution is -2.27. The molecular weight excluding hydrogens is 136 g/mol. The van der Waals surface area contributed by atoms with Gasteiger partial charge in [-0.05, 0) is 12.8 Å². The van der Waals surface area contributed by atoms with E-state index in [0.717, 1.165) is 25.7 Å². The highest BCUT2D eigenvalue weighted by Crippen LogP contribution is 2.22. The van der Waals surface area contributed by atoms with E-state index in [1.165, 1.54) is 0 Å². The SMILES string of the molecule is C#CCC(O)(CCC)CCC. The Morgan fingerprint density at radius 3 is 2.00 bits per heavy atom. The van der Waals surface area contributed by atoms with Gasteiger partial charge >= 0.3 is 0 Å². The van der Waals surface area contributed by atoms with Crippen molar-refractivity contribution in [1.82, 2.24) is 0 Å².